The van der Waals surface area contributed by atoms with Crippen LogP contribution in [0.25, 0.3) is 0 Å². The summed E-state index contributed by atoms with van der Waals surface area (Å²) in [4.78, 5) is 12.2. The number of ether oxygens (including phenoxy) is 3. The van der Waals surface area contributed by atoms with Gasteiger partial charge in [0.1, 0.15) is 5.75 Å². The van der Waals surface area contributed by atoms with Gasteiger partial charge in [-0.25, -0.2) is 4.79 Å². The first kappa shape index (κ1) is 17.5. The minimum atomic E-state index is -0.373. The van der Waals surface area contributed by atoms with Crippen molar-refractivity contribution in [2.45, 2.75) is 20.0 Å². The molecular formula is C18H22N2O4. The molecule has 128 valence electrons. The number of methoxy groups -OCH3 is 2. The number of rotatable bonds is 6. The highest BCUT2D eigenvalue weighted by molar-refractivity contribution is 6.00. The van der Waals surface area contributed by atoms with Crippen LogP contribution in [-0.2, 0) is 0 Å². The van der Waals surface area contributed by atoms with E-state index in [9.17, 15) is 4.79 Å². The van der Waals surface area contributed by atoms with E-state index < -0.39 is 0 Å². The Labute approximate surface area is 141 Å². The molecule has 2 amide bonds. The maximum atomic E-state index is 12.2. The molecule has 6 heteroatoms. The van der Waals surface area contributed by atoms with Crippen molar-refractivity contribution in [1.29, 1.82) is 0 Å². The average Bonchev–Trinajstić information content (AvgIpc) is 2.56. The van der Waals surface area contributed by atoms with Gasteiger partial charge in [0.2, 0.25) is 0 Å². The van der Waals surface area contributed by atoms with Crippen LogP contribution in [0.1, 0.15) is 13.8 Å². The fourth-order valence-electron chi connectivity index (χ4n) is 2.13. The van der Waals surface area contributed by atoms with Gasteiger partial charge in [0.25, 0.3) is 0 Å². The molecule has 0 aliphatic rings. The van der Waals surface area contributed by atoms with Crippen molar-refractivity contribution in [3.8, 4) is 17.2 Å². The number of hydrogen-bond acceptors (Lipinski definition) is 4. The van der Waals surface area contributed by atoms with Gasteiger partial charge >= 0.3 is 6.03 Å². The number of hydrogen-bond donors (Lipinski definition) is 2. The largest absolute Gasteiger partial charge is 0.493 e. The van der Waals surface area contributed by atoms with Gasteiger partial charge in [-0.3, -0.25) is 0 Å². The van der Waals surface area contributed by atoms with Gasteiger partial charge in [0.05, 0.1) is 26.0 Å². The highest BCUT2D eigenvalue weighted by atomic mass is 16.5. The predicted molar refractivity (Wildman–Crippen MR) is 94.4 cm³/mol. The molecule has 0 atom stereocenters. The van der Waals surface area contributed by atoms with Crippen LogP contribution in [-0.4, -0.2) is 26.4 Å². The smallest absolute Gasteiger partial charge is 0.323 e. The molecule has 0 unspecified atom stereocenters. The Morgan fingerprint density at radius 2 is 1.62 bits per heavy atom. The normalized spacial score (nSPS) is 10.2. The summed E-state index contributed by atoms with van der Waals surface area (Å²) in [6.07, 6.45) is 0.0156. The van der Waals surface area contributed by atoms with Crippen molar-refractivity contribution >= 4 is 17.4 Å². The first-order valence-electron chi connectivity index (χ1n) is 7.59. The van der Waals surface area contributed by atoms with Crippen LogP contribution in [0.3, 0.4) is 0 Å². The zero-order chi connectivity index (χ0) is 17.5. The zero-order valence-corrected chi connectivity index (χ0v) is 14.3. The monoisotopic (exact) mass is 330 g/mol. The molecule has 0 radical (unpaired) electrons. The molecule has 0 saturated heterocycles. The number of urea groups is 1. The van der Waals surface area contributed by atoms with Crippen molar-refractivity contribution in [2.24, 2.45) is 0 Å². The van der Waals surface area contributed by atoms with E-state index in [1.54, 1.807) is 38.5 Å². The second kappa shape index (κ2) is 8.10. The lowest BCUT2D eigenvalue weighted by Gasteiger charge is -2.15. The SMILES string of the molecule is COc1ccc(NC(=O)Nc2ccccc2OC(C)C)cc1OC. The molecule has 0 aliphatic carbocycles. The summed E-state index contributed by atoms with van der Waals surface area (Å²) >= 11 is 0. The van der Waals surface area contributed by atoms with Crippen molar-refractivity contribution in [3.05, 3.63) is 42.5 Å². The van der Waals surface area contributed by atoms with E-state index in [1.807, 2.05) is 32.0 Å². The summed E-state index contributed by atoms with van der Waals surface area (Å²) in [7, 11) is 3.10. The van der Waals surface area contributed by atoms with Gasteiger partial charge in [-0.2, -0.15) is 0 Å². The third kappa shape index (κ3) is 4.55. The summed E-state index contributed by atoms with van der Waals surface area (Å²) in [6, 6.07) is 12.1. The molecule has 0 bridgehead atoms. The molecule has 2 rings (SSSR count). The third-order valence-corrected chi connectivity index (χ3v) is 3.14. The summed E-state index contributed by atoms with van der Waals surface area (Å²) in [5.41, 5.74) is 1.19. The molecule has 0 spiro atoms. The fourth-order valence-corrected chi connectivity index (χ4v) is 2.13. The van der Waals surface area contributed by atoms with Gasteiger partial charge in [-0.15, -0.1) is 0 Å². The van der Waals surface area contributed by atoms with Crippen LogP contribution in [0, 0.1) is 0 Å². The van der Waals surface area contributed by atoms with E-state index in [0.29, 0.717) is 28.6 Å². The number of anilines is 2. The van der Waals surface area contributed by atoms with Gasteiger partial charge in [0, 0.05) is 11.8 Å². The highest BCUT2D eigenvalue weighted by Crippen LogP contribution is 2.30. The number of carbonyl (C=O) groups is 1. The van der Waals surface area contributed by atoms with Crippen molar-refractivity contribution in [3.63, 3.8) is 0 Å². The zero-order valence-electron chi connectivity index (χ0n) is 14.3. The van der Waals surface area contributed by atoms with Crippen LogP contribution in [0.15, 0.2) is 42.5 Å². The highest BCUT2D eigenvalue weighted by Gasteiger charge is 2.10. The molecule has 24 heavy (non-hydrogen) atoms. The third-order valence-electron chi connectivity index (χ3n) is 3.14. The Hall–Kier alpha value is -2.89. The number of amides is 2. The van der Waals surface area contributed by atoms with E-state index in [-0.39, 0.29) is 12.1 Å². The first-order valence-corrected chi connectivity index (χ1v) is 7.59. The summed E-state index contributed by atoms with van der Waals surface area (Å²) in [5.74, 6) is 1.76. The van der Waals surface area contributed by atoms with E-state index in [4.69, 9.17) is 14.2 Å². The average molecular weight is 330 g/mol. The molecule has 2 aromatic carbocycles. The minimum Gasteiger partial charge on any atom is -0.493 e. The topological polar surface area (TPSA) is 68.8 Å². The Balaban J connectivity index is 2.09. The minimum absolute atomic E-state index is 0.0156. The molecular weight excluding hydrogens is 308 g/mol. The molecule has 6 nitrogen and oxygen atoms in total. The Morgan fingerprint density at radius 1 is 0.917 bits per heavy atom. The standard InChI is InChI=1S/C18H22N2O4/c1-12(2)24-15-8-6-5-7-14(15)20-18(21)19-13-9-10-16(22-3)17(11-13)23-4/h5-12H,1-4H3,(H2,19,20,21). The van der Waals surface area contributed by atoms with Crippen molar-refractivity contribution in [1.82, 2.24) is 0 Å². The number of carbonyl (C=O) groups excluding carboxylic acids is 1. The lowest BCUT2D eigenvalue weighted by atomic mass is 10.2. The second-order valence-electron chi connectivity index (χ2n) is 5.31. The first-order chi connectivity index (χ1) is 11.5. The number of benzene rings is 2. The van der Waals surface area contributed by atoms with Crippen molar-refractivity contribution in [2.75, 3.05) is 24.9 Å². The van der Waals surface area contributed by atoms with Crippen LogP contribution < -0.4 is 24.8 Å². The number of para-hydroxylation sites is 2. The summed E-state index contributed by atoms with van der Waals surface area (Å²) in [6.45, 7) is 3.86. The Morgan fingerprint density at radius 3 is 2.29 bits per heavy atom. The van der Waals surface area contributed by atoms with Gasteiger partial charge in [0.15, 0.2) is 11.5 Å². The van der Waals surface area contributed by atoms with Crippen LogP contribution in [0.2, 0.25) is 0 Å². The van der Waals surface area contributed by atoms with Crippen LogP contribution >= 0.6 is 0 Å². The maximum absolute atomic E-state index is 12.2. The van der Waals surface area contributed by atoms with E-state index >= 15 is 0 Å². The Kier molecular flexibility index (Phi) is 5.89. The number of nitrogens with one attached hydrogen (secondary N) is 2. The Bertz CT molecular complexity index is 701. The molecule has 0 aliphatic heterocycles. The molecule has 0 fully saturated rings. The quantitative estimate of drug-likeness (QED) is 0.835. The summed E-state index contributed by atoms with van der Waals surface area (Å²) < 4.78 is 16.1. The van der Waals surface area contributed by atoms with Crippen molar-refractivity contribution < 1.29 is 19.0 Å². The lowest BCUT2D eigenvalue weighted by molar-refractivity contribution is 0.243. The van der Waals surface area contributed by atoms with E-state index in [2.05, 4.69) is 10.6 Å². The lowest BCUT2D eigenvalue weighted by Crippen LogP contribution is -2.20. The van der Waals surface area contributed by atoms with Gasteiger partial charge < -0.3 is 24.8 Å². The predicted octanol–water partition coefficient (Wildman–Crippen LogP) is 4.14. The van der Waals surface area contributed by atoms with E-state index in [1.165, 1.54) is 0 Å². The van der Waals surface area contributed by atoms with Gasteiger partial charge in [-0.1, -0.05) is 12.1 Å². The molecule has 2 N–H and O–H groups in total. The van der Waals surface area contributed by atoms with E-state index in [0.717, 1.165) is 0 Å². The molecule has 0 heterocycles. The summed E-state index contributed by atoms with van der Waals surface area (Å²) in [5, 5.41) is 5.54. The maximum Gasteiger partial charge on any atom is 0.323 e. The molecule has 0 aromatic heterocycles. The fraction of sp³-hybridized carbons (Fsp3) is 0.278. The van der Waals surface area contributed by atoms with Crippen LogP contribution in [0.4, 0.5) is 16.2 Å². The van der Waals surface area contributed by atoms with Gasteiger partial charge in [-0.05, 0) is 38.1 Å². The molecule has 2 aromatic rings. The van der Waals surface area contributed by atoms with Crippen LogP contribution in [0.5, 0.6) is 17.2 Å². The molecule has 0 saturated carbocycles. The second-order valence-corrected chi connectivity index (χ2v) is 5.31.